The van der Waals surface area contributed by atoms with Gasteiger partial charge in [-0.3, -0.25) is 10.1 Å². The number of hydrogen-bond acceptors (Lipinski definition) is 5. The molecule has 0 fully saturated rings. The fourth-order valence-corrected chi connectivity index (χ4v) is 1.29. The average molecular weight is 249 g/mol. The quantitative estimate of drug-likeness (QED) is 0.639. The minimum atomic E-state index is -0.483. The van der Waals surface area contributed by atoms with Crippen LogP contribution >= 0.6 is 0 Å². The molecular weight excluding hydrogens is 234 g/mol. The molecule has 0 aliphatic carbocycles. The molecule has 0 amide bonds. The van der Waals surface area contributed by atoms with Crippen LogP contribution in [0.25, 0.3) is 0 Å². The molecule has 18 heavy (non-hydrogen) atoms. The molecule has 0 atom stereocenters. The Morgan fingerprint density at radius 2 is 2.22 bits per heavy atom. The molecule has 0 bridgehead atoms. The van der Waals surface area contributed by atoms with Gasteiger partial charge in [-0.1, -0.05) is 0 Å². The van der Waals surface area contributed by atoms with Gasteiger partial charge < -0.3 is 10.1 Å². The molecule has 0 unspecified atom stereocenters. The van der Waals surface area contributed by atoms with Crippen LogP contribution in [0.3, 0.4) is 0 Å². The van der Waals surface area contributed by atoms with Crippen molar-refractivity contribution < 1.29 is 9.66 Å². The van der Waals surface area contributed by atoms with Crippen molar-refractivity contribution in [2.24, 2.45) is 0 Å². The van der Waals surface area contributed by atoms with Gasteiger partial charge in [-0.2, -0.15) is 5.26 Å². The highest BCUT2D eigenvalue weighted by Gasteiger charge is 2.19. The highest BCUT2D eigenvalue weighted by Crippen LogP contribution is 2.26. The molecule has 0 saturated heterocycles. The number of anilines is 1. The Morgan fingerprint density at radius 1 is 1.56 bits per heavy atom. The molecule has 96 valence electrons. The van der Waals surface area contributed by atoms with E-state index in [4.69, 9.17) is 10.00 Å². The Hall–Kier alpha value is -2.13. The third-order valence-electron chi connectivity index (χ3n) is 2.58. The lowest BCUT2D eigenvalue weighted by atomic mass is 10.1. The summed E-state index contributed by atoms with van der Waals surface area (Å²) in [6.07, 6.45) is 0. The Labute approximate surface area is 105 Å². The van der Waals surface area contributed by atoms with E-state index >= 15 is 0 Å². The lowest BCUT2D eigenvalue weighted by Gasteiger charge is -2.23. The van der Waals surface area contributed by atoms with E-state index < -0.39 is 10.5 Å². The van der Waals surface area contributed by atoms with Crippen molar-refractivity contribution in [2.45, 2.75) is 19.4 Å². The number of nitrogens with one attached hydrogen (secondary N) is 1. The van der Waals surface area contributed by atoms with E-state index in [2.05, 4.69) is 5.32 Å². The molecule has 1 rings (SSSR count). The van der Waals surface area contributed by atoms with Gasteiger partial charge in [0.05, 0.1) is 22.2 Å². The summed E-state index contributed by atoms with van der Waals surface area (Å²) in [5, 5.41) is 22.6. The maximum atomic E-state index is 10.9. The number of methoxy groups -OCH3 is 1. The van der Waals surface area contributed by atoms with Gasteiger partial charge in [-0.05, 0) is 26.0 Å². The number of benzene rings is 1. The van der Waals surface area contributed by atoms with E-state index in [1.54, 1.807) is 7.11 Å². The standard InChI is InChI=1S/C12H15N3O3/c1-12(2,18-3)8-14-10-6-9(7-13)4-5-11(10)15(16)17/h4-6,14H,8H2,1-3H3. The third-order valence-corrected chi connectivity index (χ3v) is 2.58. The van der Waals surface area contributed by atoms with Gasteiger partial charge in [0.25, 0.3) is 5.69 Å². The highest BCUT2D eigenvalue weighted by atomic mass is 16.6. The topological polar surface area (TPSA) is 88.2 Å². The van der Waals surface area contributed by atoms with Crippen LogP contribution < -0.4 is 5.32 Å². The monoisotopic (exact) mass is 249 g/mol. The van der Waals surface area contributed by atoms with Crippen molar-refractivity contribution in [3.63, 3.8) is 0 Å². The third kappa shape index (κ3) is 3.43. The first-order valence-electron chi connectivity index (χ1n) is 5.37. The van der Waals surface area contributed by atoms with Crippen molar-refractivity contribution in [1.29, 1.82) is 5.26 Å². The predicted octanol–water partition coefficient (Wildman–Crippen LogP) is 2.30. The first-order chi connectivity index (χ1) is 8.39. The smallest absolute Gasteiger partial charge is 0.292 e. The molecule has 0 aromatic heterocycles. The zero-order valence-electron chi connectivity index (χ0n) is 10.6. The zero-order chi connectivity index (χ0) is 13.8. The van der Waals surface area contributed by atoms with Gasteiger partial charge in [0.2, 0.25) is 0 Å². The summed E-state index contributed by atoms with van der Waals surface area (Å²) in [4.78, 5) is 10.4. The van der Waals surface area contributed by atoms with Gasteiger partial charge >= 0.3 is 0 Å². The molecule has 0 aliphatic heterocycles. The normalized spacial score (nSPS) is 10.8. The summed E-state index contributed by atoms with van der Waals surface area (Å²) in [7, 11) is 1.57. The van der Waals surface area contributed by atoms with Crippen LogP contribution in [0.4, 0.5) is 11.4 Å². The van der Waals surface area contributed by atoms with E-state index in [1.807, 2.05) is 19.9 Å². The van der Waals surface area contributed by atoms with Gasteiger partial charge in [-0.15, -0.1) is 0 Å². The molecule has 0 heterocycles. The van der Waals surface area contributed by atoms with E-state index in [-0.39, 0.29) is 5.69 Å². The molecular formula is C12H15N3O3. The Bertz CT molecular complexity index is 492. The molecule has 0 spiro atoms. The Kier molecular flexibility index (Phi) is 4.23. The van der Waals surface area contributed by atoms with Crippen molar-refractivity contribution in [3.8, 4) is 6.07 Å². The van der Waals surface area contributed by atoms with Crippen LogP contribution in [0.2, 0.25) is 0 Å². The van der Waals surface area contributed by atoms with Gasteiger partial charge in [-0.25, -0.2) is 0 Å². The molecule has 0 saturated carbocycles. The number of nitriles is 1. The van der Waals surface area contributed by atoms with Crippen LogP contribution in [0.1, 0.15) is 19.4 Å². The van der Waals surface area contributed by atoms with Crippen LogP contribution in [0.5, 0.6) is 0 Å². The lowest BCUT2D eigenvalue weighted by molar-refractivity contribution is -0.384. The molecule has 6 heteroatoms. The molecule has 1 N–H and O–H groups in total. The number of nitrogens with zero attached hydrogens (tertiary/aromatic N) is 2. The second kappa shape index (κ2) is 5.47. The first kappa shape index (κ1) is 13.9. The number of ether oxygens (including phenoxy) is 1. The predicted molar refractivity (Wildman–Crippen MR) is 67.4 cm³/mol. The zero-order valence-corrected chi connectivity index (χ0v) is 10.6. The van der Waals surface area contributed by atoms with Crippen molar-refractivity contribution >= 4 is 11.4 Å². The number of hydrogen-bond donors (Lipinski definition) is 1. The molecule has 1 aromatic rings. The van der Waals surface area contributed by atoms with Gasteiger partial charge in [0, 0.05) is 19.7 Å². The lowest BCUT2D eigenvalue weighted by Crippen LogP contribution is -2.32. The first-order valence-corrected chi connectivity index (χ1v) is 5.37. The van der Waals surface area contributed by atoms with Crippen LogP contribution in [-0.4, -0.2) is 24.2 Å². The van der Waals surface area contributed by atoms with Gasteiger partial charge in [0.15, 0.2) is 0 Å². The second-order valence-electron chi connectivity index (χ2n) is 4.42. The van der Waals surface area contributed by atoms with Crippen molar-refractivity contribution in [1.82, 2.24) is 0 Å². The van der Waals surface area contributed by atoms with Gasteiger partial charge in [0.1, 0.15) is 5.69 Å². The van der Waals surface area contributed by atoms with Crippen LogP contribution in [0, 0.1) is 21.4 Å². The minimum absolute atomic E-state index is 0.0547. The largest absolute Gasteiger partial charge is 0.377 e. The number of rotatable bonds is 5. The summed E-state index contributed by atoms with van der Waals surface area (Å²) in [5.74, 6) is 0. The van der Waals surface area contributed by atoms with Crippen LogP contribution in [-0.2, 0) is 4.74 Å². The van der Waals surface area contributed by atoms with E-state index in [0.717, 1.165) is 0 Å². The van der Waals surface area contributed by atoms with Crippen molar-refractivity contribution in [2.75, 3.05) is 19.0 Å². The fraction of sp³-hybridized carbons (Fsp3) is 0.417. The maximum absolute atomic E-state index is 10.9. The van der Waals surface area contributed by atoms with E-state index in [9.17, 15) is 10.1 Å². The van der Waals surface area contributed by atoms with E-state index in [0.29, 0.717) is 17.8 Å². The average Bonchev–Trinajstić information content (AvgIpc) is 2.36. The van der Waals surface area contributed by atoms with Crippen molar-refractivity contribution in [3.05, 3.63) is 33.9 Å². The second-order valence-corrected chi connectivity index (χ2v) is 4.42. The summed E-state index contributed by atoms with van der Waals surface area (Å²) in [6, 6.07) is 6.15. The Balaban J connectivity index is 2.99. The minimum Gasteiger partial charge on any atom is -0.377 e. The molecule has 1 aromatic carbocycles. The molecule has 0 aliphatic rings. The summed E-state index contributed by atoms with van der Waals surface area (Å²) >= 11 is 0. The fourth-order valence-electron chi connectivity index (χ4n) is 1.29. The summed E-state index contributed by atoms with van der Waals surface area (Å²) in [6.45, 7) is 4.12. The number of nitro benzene ring substituents is 1. The maximum Gasteiger partial charge on any atom is 0.292 e. The van der Waals surface area contributed by atoms with E-state index in [1.165, 1.54) is 18.2 Å². The summed E-state index contributed by atoms with van der Waals surface area (Å²) in [5.41, 5.74) is 0.194. The summed E-state index contributed by atoms with van der Waals surface area (Å²) < 4.78 is 5.22. The molecule has 6 nitrogen and oxygen atoms in total. The number of nitro groups is 1. The van der Waals surface area contributed by atoms with Crippen LogP contribution in [0.15, 0.2) is 18.2 Å². The molecule has 0 radical (unpaired) electrons. The SMILES string of the molecule is COC(C)(C)CNc1cc(C#N)ccc1[N+](=O)[O-]. The highest BCUT2D eigenvalue weighted by molar-refractivity contribution is 5.64. The Morgan fingerprint density at radius 3 is 2.72 bits per heavy atom.